The highest BCUT2D eigenvalue weighted by molar-refractivity contribution is 7.10. The number of carbonyl (C=O) groups excluding carboxylic acids is 2. The molecule has 0 spiro atoms. The van der Waals surface area contributed by atoms with Crippen molar-refractivity contribution in [2.75, 3.05) is 26.8 Å². The molecule has 1 aliphatic heterocycles. The van der Waals surface area contributed by atoms with E-state index in [1.54, 1.807) is 47.6 Å². The predicted octanol–water partition coefficient (Wildman–Crippen LogP) is 5.20. The monoisotopic (exact) mass is 492 g/mol. The Labute approximate surface area is 211 Å². The average Bonchev–Trinajstić information content (AvgIpc) is 3.39. The molecule has 7 heteroatoms. The number of amides is 2. The van der Waals surface area contributed by atoms with Crippen LogP contribution in [-0.2, 0) is 11.2 Å². The maximum Gasteiger partial charge on any atom is 0.254 e. The standard InChI is InChI=1S/C28H32N2O4S/c1-4-20(2)30(28(32)21-10-12-22(33-3)13-11-21)18-27(31)29-16-14-26-24(15-17-35-26)25(29)19-34-23-8-6-5-7-9-23/h5-13,15,17,20,25H,4,14,16,18-19H2,1-3H3/t20-,25-/m1/s1. The van der Waals surface area contributed by atoms with E-state index in [1.807, 2.05) is 49.1 Å². The number of methoxy groups -OCH3 is 1. The average molecular weight is 493 g/mol. The van der Waals surface area contributed by atoms with Crippen molar-refractivity contribution in [2.45, 2.75) is 38.8 Å². The minimum Gasteiger partial charge on any atom is -0.497 e. The third-order valence-corrected chi connectivity index (χ3v) is 7.59. The molecule has 0 saturated heterocycles. The van der Waals surface area contributed by atoms with Gasteiger partial charge in [0.2, 0.25) is 5.91 Å². The molecule has 2 amide bonds. The molecule has 1 aliphatic rings. The van der Waals surface area contributed by atoms with Crippen LogP contribution < -0.4 is 9.47 Å². The molecule has 2 atom stereocenters. The van der Waals surface area contributed by atoms with Crippen LogP contribution in [0.1, 0.15) is 47.1 Å². The fourth-order valence-electron chi connectivity index (χ4n) is 4.35. The van der Waals surface area contributed by atoms with Crippen LogP contribution in [0.25, 0.3) is 0 Å². The summed E-state index contributed by atoms with van der Waals surface area (Å²) in [5, 5.41) is 2.08. The zero-order valence-corrected chi connectivity index (χ0v) is 21.3. The van der Waals surface area contributed by atoms with Crippen molar-refractivity contribution in [1.29, 1.82) is 0 Å². The summed E-state index contributed by atoms with van der Waals surface area (Å²) in [4.78, 5) is 31.9. The number of thiophene rings is 1. The van der Waals surface area contributed by atoms with Crippen molar-refractivity contribution < 1.29 is 19.1 Å². The first-order valence-electron chi connectivity index (χ1n) is 12.0. The van der Waals surface area contributed by atoms with Crippen molar-refractivity contribution >= 4 is 23.2 Å². The first-order chi connectivity index (χ1) is 17.0. The summed E-state index contributed by atoms with van der Waals surface area (Å²) < 4.78 is 11.3. The number of fused-ring (bicyclic) bond motifs is 1. The van der Waals surface area contributed by atoms with Crippen molar-refractivity contribution in [1.82, 2.24) is 9.80 Å². The summed E-state index contributed by atoms with van der Waals surface area (Å²) >= 11 is 1.72. The molecule has 3 aromatic rings. The van der Waals surface area contributed by atoms with Crippen LogP contribution in [0.2, 0.25) is 0 Å². The number of hydrogen-bond acceptors (Lipinski definition) is 5. The van der Waals surface area contributed by atoms with Gasteiger partial charge in [0.05, 0.1) is 13.2 Å². The number of hydrogen-bond donors (Lipinski definition) is 0. The molecule has 0 fully saturated rings. The summed E-state index contributed by atoms with van der Waals surface area (Å²) in [6.45, 7) is 5.02. The Morgan fingerprint density at radius 3 is 2.51 bits per heavy atom. The van der Waals surface area contributed by atoms with Crippen LogP contribution in [-0.4, -0.2) is 54.5 Å². The Hall–Kier alpha value is -3.32. The first kappa shape index (κ1) is 24.8. The van der Waals surface area contributed by atoms with Crippen LogP contribution in [0.3, 0.4) is 0 Å². The van der Waals surface area contributed by atoms with Crippen LogP contribution in [0.4, 0.5) is 0 Å². The second kappa shape index (κ2) is 11.4. The number of nitrogens with zero attached hydrogens (tertiary/aromatic N) is 2. The maximum absolute atomic E-state index is 13.7. The number of carbonyl (C=O) groups is 2. The summed E-state index contributed by atoms with van der Waals surface area (Å²) in [6, 6.07) is 18.5. The number of benzene rings is 2. The highest BCUT2D eigenvalue weighted by Crippen LogP contribution is 2.34. The van der Waals surface area contributed by atoms with Gasteiger partial charge in [0.25, 0.3) is 5.91 Å². The summed E-state index contributed by atoms with van der Waals surface area (Å²) in [5.74, 6) is 1.25. The van der Waals surface area contributed by atoms with Gasteiger partial charge < -0.3 is 19.3 Å². The predicted molar refractivity (Wildman–Crippen MR) is 138 cm³/mol. The molecule has 1 aromatic heterocycles. The van der Waals surface area contributed by atoms with E-state index in [4.69, 9.17) is 9.47 Å². The van der Waals surface area contributed by atoms with E-state index < -0.39 is 0 Å². The first-order valence-corrected chi connectivity index (χ1v) is 12.9. The molecule has 184 valence electrons. The minimum atomic E-state index is -0.187. The Bertz CT molecular complexity index is 1130. The fourth-order valence-corrected chi connectivity index (χ4v) is 5.28. The van der Waals surface area contributed by atoms with Gasteiger partial charge in [-0.3, -0.25) is 9.59 Å². The largest absolute Gasteiger partial charge is 0.497 e. The van der Waals surface area contributed by atoms with E-state index in [0.717, 1.165) is 24.2 Å². The lowest BCUT2D eigenvalue weighted by Gasteiger charge is -2.38. The van der Waals surface area contributed by atoms with Crippen LogP contribution in [0.5, 0.6) is 11.5 Å². The van der Waals surface area contributed by atoms with Crippen molar-refractivity contribution in [2.24, 2.45) is 0 Å². The van der Waals surface area contributed by atoms with Crippen LogP contribution in [0, 0.1) is 0 Å². The zero-order chi connectivity index (χ0) is 24.8. The highest BCUT2D eigenvalue weighted by atomic mass is 32.1. The molecule has 0 unspecified atom stereocenters. The Kier molecular flexibility index (Phi) is 8.08. The van der Waals surface area contributed by atoms with Gasteiger partial charge >= 0.3 is 0 Å². The summed E-state index contributed by atoms with van der Waals surface area (Å²) in [6.07, 6.45) is 1.57. The molecular weight excluding hydrogens is 460 g/mol. The van der Waals surface area contributed by atoms with Gasteiger partial charge in [-0.1, -0.05) is 25.1 Å². The van der Waals surface area contributed by atoms with Crippen molar-refractivity contribution in [3.05, 3.63) is 82.0 Å². The summed E-state index contributed by atoms with van der Waals surface area (Å²) in [5.41, 5.74) is 1.68. The Morgan fingerprint density at radius 2 is 1.83 bits per heavy atom. The zero-order valence-electron chi connectivity index (χ0n) is 20.5. The van der Waals surface area contributed by atoms with E-state index in [1.165, 1.54) is 4.88 Å². The molecule has 35 heavy (non-hydrogen) atoms. The molecular formula is C28H32N2O4S. The quantitative estimate of drug-likeness (QED) is 0.412. The molecule has 0 radical (unpaired) electrons. The second-order valence-corrected chi connectivity index (χ2v) is 9.70. The third kappa shape index (κ3) is 5.68. The smallest absolute Gasteiger partial charge is 0.254 e. The number of para-hydroxylation sites is 1. The van der Waals surface area contributed by atoms with E-state index in [-0.39, 0.29) is 30.4 Å². The van der Waals surface area contributed by atoms with E-state index in [2.05, 4.69) is 11.4 Å². The van der Waals surface area contributed by atoms with E-state index in [0.29, 0.717) is 24.5 Å². The molecule has 0 saturated carbocycles. The Morgan fingerprint density at radius 1 is 1.09 bits per heavy atom. The third-order valence-electron chi connectivity index (χ3n) is 6.59. The maximum atomic E-state index is 13.7. The van der Waals surface area contributed by atoms with Gasteiger partial charge in [0.1, 0.15) is 24.7 Å². The van der Waals surface area contributed by atoms with Crippen LogP contribution >= 0.6 is 11.3 Å². The van der Waals surface area contributed by atoms with E-state index in [9.17, 15) is 9.59 Å². The lowest BCUT2D eigenvalue weighted by Crippen LogP contribution is -2.49. The fraction of sp³-hybridized carbons (Fsp3) is 0.357. The minimum absolute atomic E-state index is 0.0289. The van der Waals surface area contributed by atoms with Gasteiger partial charge in [-0.25, -0.2) is 0 Å². The van der Waals surface area contributed by atoms with Gasteiger partial charge in [0, 0.05) is 23.0 Å². The van der Waals surface area contributed by atoms with Gasteiger partial charge in [-0.15, -0.1) is 11.3 Å². The number of rotatable bonds is 9. The highest BCUT2D eigenvalue weighted by Gasteiger charge is 2.34. The van der Waals surface area contributed by atoms with Crippen molar-refractivity contribution in [3.8, 4) is 11.5 Å². The molecule has 4 rings (SSSR count). The molecule has 0 aliphatic carbocycles. The molecule has 6 nitrogen and oxygen atoms in total. The van der Waals surface area contributed by atoms with E-state index >= 15 is 0 Å². The topological polar surface area (TPSA) is 59.1 Å². The SMILES string of the molecule is CC[C@@H](C)N(CC(=O)N1CCc2sccc2[C@H]1COc1ccccc1)C(=O)c1ccc(OC)cc1. The lowest BCUT2D eigenvalue weighted by molar-refractivity contribution is -0.136. The summed E-state index contributed by atoms with van der Waals surface area (Å²) in [7, 11) is 1.59. The van der Waals surface area contributed by atoms with Gasteiger partial charge in [-0.2, -0.15) is 0 Å². The Balaban J connectivity index is 1.53. The molecule has 0 bridgehead atoms. The molecule has 2 aromatic carbocycles. The van der Waals surface area contributed by atoms with Gasteiger partial charge in [0.15, 0.2) is 0 Å². The lowest BCUT2D eigenvalue weighted by atomic mass is 10.00. The van der Waals surface area contributed by atoms with Gasteiger partial charge in [-0.05, 0) is 73.2 Å². The van der Waals surface area contributed by atoms with Crippen LogP contribution in [0.15, 0.2) is 66.0 Å². The normalized spacial score (nSPS) is 15.7. The van der Waals surface area contributed by atoms with Crippen molar-refractivity contribution in [3.63, 3.8) is 0 Å². The second-order valence-electron chi connectivity index (χ2n) is 8.69. The molecule has 2 heterocycles. The molecule has 0 N–H and O–H groups in total. The number of ether oxygens (including phenoxy) is 2.